The second-order valence-corrected chi connectivity index (χ2v) is 6.16. The van der Waals surface area contributed by atoms with E-state index in [-0.39, 0.29) is 5.54 Å². The van der Waals surface area contributed by atoms with E-state index in [2.05, 4.69) is 18.0 Å². The van der Waals surface area contributed by atoms with Gasteiger partial charge in [0.1, 0.15) is 0 Å². The van der Waals surface area contributed by atoms with Gasteiger partial charge in [-0.3, -0.25) is 0 Å². The zero-order valence-corrected chi connectivity index (χ0v) is 11.9. The molecule has 0 saturated heterocycles. The molecule has 1 aromatic carbocycles. The second kappa shape index (κ2) is 6.05. The van der Waals surface area contributed by atoms with Crippen LogP contribution in [0.25, 0.3) is 0 Å². The van der Waals surface area contributed by atoms with Gasteiger partial charge >= 0.3 is 0 Å². The van der Waals surface area contributed by atoms with Crippen molar-refractivity contribution in [3.05, 3.63) is 34.9 Å². The van der Waals surface area contributed by atoms with Gasteiger partial charge in [-0.2, -0.15) is 0 Å². The molecule has 0 radical (unpaired) electrons. The maximum absolute atomic E-state index is 6.48. The third-order valence-corrected chi connectivity index (χ3v) is 4.01. The highest BCUT2D eigenvalue weighted by molar-refractivity contribution is 6.30. The quantitative estimate of drug-likeness (QED) is 0.905. The molecule has 2 nitrogen and oxygen atoms in total. The minimum atomic E-state index is 0.0194. The van der Waals surface area contributed by atoms with Crippen molar-refractivity contribution in [2.75, 3.05) is 13.6 Å². The number of halogens is 1. The maximum Gasteiger partial charge on any atom is 0.0409 e. The van der Waals surface area contributed by atoms with Crippen molar-refractivity contribution in [3.63, 3.8) is 0 Å². The first-order valence-corrected chi connectivity index (χ1v) is 7.17. The topological polar surface area (TPSA) is 29.3 Å². The summed E-state index contributed by atoms with van der Waals surface area (Å²) in [6.45, 7) is 1.89. The van der Waals surface area contributed by atoms with Gasteiger partial charge in [-0.15, -0.1) is 0 Å². The minimum absolute atomic E-state index is 0.0194. The van der Waals surface area contributed by atoms with E-state index in [1.165, 1.54) is 24.8 Å². The molecule has 1 aliphatic rings. The van der Waals surface area contributed by atoms with Crippen LogP contribution >= 0.6 is 11.6 Å². The molecule has 1 saturated carbocycles. The van der Waals surface area contributed by atoms with Crippen LogP contribution in [0, 0.1) is 0 Å². The van der Waals surface area contributed by atoms with Gasteiger partial charge in [-0.1, -0.05) is 43.0 Å². The van der Waals surface area contributed by atoms with E-state index in [0.717, 1.165) is 31.0 Å². The number of benzene rings is 1. The molecule has 1 aliphatic carbocycles. The summed E-state index contributed by atoms with van der Waals surface area (Å²) in [4.78, 5) is 2.32. The molecule has 18 heavy (non-hydrogen) atoms. The number of rotatable bonds is 4. The Balaban J connectivity index is 1.90. The van der Waals surface area contributed by atoms with Crippen molar-refractivity contribution in [1.29, 1.82) is 0 Å². The number of nitrogens with zero attached hydrogens (tertiary/aromatic N) is 1. The zero-order valence-electron chi connectivity index (χ0n) is 11.2. The summed E-state index contributed by atoms with van der Waals surface area (Å²) in [6.07, 6.45) is 6.22. The predicted octanol–water partition coefficient (Wildman–Crippen LogP) is 3.43. The van der Waals surface area contributed by atoms with Gasteiger partial charge in [0, 0.05) is 23.7 Å². The molecular formula is C15H23ClN2. The molecule has 3 heteroatoms. The lowest BCUT2D eigenvalue weighted by Crippen LogP contribution is -2.50. The number of likely N-dealkylation sites (N-methyl/N-ethyl adjacent to an activating group) is 1. The van der Waals surface area contributed by atoms with Gasteiger partial charge in [-0.25, -0.2) is 0 Å². The molecule has 1 fully saturated rings. The van der Waals surface area contributed by atoms with E-state index in [4.69, 9.17) is 17.3 Å². The van der Waals surface area contributed by atoms with Crippen LogP contribution in [0.5, 0.6) is 0 Å². The highest BCUT2D eigenvalue weighted by Crippen LogP contribution is 2.26. The van der Waals surface area contributed by atoms with E-state index in [1.54, 1.807) is 0 Å². The summed E-state index contributed by atoms with van der Waals surface area (Å²) in [6, 6.07) is 8.06. The van der Waals surface area contributed by atoms with Crippen LogP contribution < -0.4 is 5.73 Å². The molecule has 1 aromatic rings. The lowest BCUT2D eigenvalue weighted by atomic mass is 9.82. The van der Waals surface area contributed by atoms with E-state index >= 15 is 0 Å². The Bertz CT molecular complexity index is 386. The molecule has 2 rings (SSSR count). The lowest BCUT2D eigenvalue weighted by Gasteiger charge is -2.36. The Kier molecular flexibility index (Phi) is 4.66. The second-order valence-electron chi connectivity index (χ2n) is 5.73. The number of hydrogen-bond donors (Lipinski definition) is 1. The highest BCUT2D eigenvalue weighted by atomic mass is 35.5. The Labute approximate surface area is 115 Å². The van der Waals surface area contributed by atoms with Gasteiger partial charge in [0.2, 0.25) is 0 Å². The molecule has 0 atom stereocenters. The van der Waals surface area contributed by atoms with Crippen LogP contribution in [-0.4, -0.2) is 24.0 Å². The SMILES string of the molecule is CN(Cc1cccc(Cl)c1)CC1(N)CCCCC1. The molecular weight excluding hydrogens is 244 g/mol. The summed E-state index contributed by atoms with van der Waals surface area (Å²) < 4.78 is 0. The van der Waals surface area contributed by atoms with Crippen LogP contribution in [0.3, 0.4) is 0 Å². The Morgan fingerprint density at radius 3 is 2.67 bits per heavy atom. The first-order chi connectivity index (χ1) is 8.57. The predicted molar refractivity (Wildman–Crippen MR) is 77.8 cm³/mol. The Hall–Kier alpha value is -0.570. The molecule has 0 heterocycles. The molecule has 0 bridgehead atoms. The van der Waals surface area contributed by atoms with Crippen molar-refractivity contribution in [1.82, 2.24) is 4.90 Å². The van der Waals surface area contributed by atoms with Crippen LogP contribution in [0.2, 0.25) is 5.02 Å². The average molecular weight is 267 g/mol. The van der Waals surface area contributed by atoms with Crippen molar-refractivity contribution in [2.24, 2.45) is 5.73 Å². The van der Waals surface area contributed by atoms with Gasteiger partial charge in [0.05, 0.1) is 0 Å². The third-order valence-electron chi connectivity index (χ3n) is 3.78. The number of nitrogens with two attached hydrogens (primary N) is 1. The molecule has 0 aliphatic heterocycles. The smallest absolute Gasteiger partial charge is 0.0409 e. The summed E-state index contributed by atoms with van der Waals surface area (Å²) in [7, 11) is 2.14. The minimum Gasteiger partial charge on any atom is -0.324 e. The summed E-state index contributed by atoms with van der Waals surface area (Å²) in [5.74, 6) is 0. The van der Waals surface area contributed by atoms with Crippen LogP contribution in [-0.2, 0) is 6.54 Å². The summed E-state index contributed by atoms with van der Waals surface area (Å²) in [5.41, 5.74) is 7.75. The summed E-state index contributed by atoms with van der Waals surface area (Å²) >= 11 is 6.00. The Morgan fingerprint density at radius 1 is 1.28 bits per heavy atom. The highest BCUT2D eigenvalue weighted by Gasteiger charge is 2.28. The normalized spacial score (nSPS) is 19.1. The maximum atomic E-state index is 6.48. The third kappa shape index (κ3) is 3.98. The lowest BCUT2D eigenvalue weighted by molar-refractivity contribution is 0.193. The van der Waals surface area contributed by atoms with Crippen LogP contribution in [0.1, 0.15) is 37.7 Å². The fourth-order valence-corrected chi connectivity index (χ4v) is 3.17. The molecule has 2 N–H and O–H groups in total. The van der Waals surface area contributed by atoms with Gasteiger partial charge in [0.25, 0.3) is 0 Å². The zero-order chi connectivity index (χ0) is 13.0. The van der Waals surface area contributed by atoms with E-state index in [9.17, 15) is 0 Å². The molecule has 0 aromatic heterocycles. The van der Waals surface area contributed by atoms with Crippen LogP contribution in [0.15, 0.2) is 24.3 Å². The van der Waals surface area contributed by atoms with Crippen molar-refractivity contribution in [3.8, 4) is 0 Å². The molecule has 0 spiro atoms. The van der Waals surface area contributed by atoms with Crippen molar-refractivity contribution >= 4 is 11.6 Å². The first-order valence-electron chi connectivity index (χ1n) is 6.79. The van der Waals surface area contributed by atoms with Gasteiger partial charge < -0.3 is 10.6 Å². The van der Waals surface area contributed by atoms with Crippen molar-refractivity contribution in [2.45, 2.75) is 44.2 Å². The molecule has 0 unspecified atom stereocenters. The fourth-order valence-electron chi connectivity index (χ4n) is 2.95. The van der Waals surface area contributed by atoms with E-state index < -0.39 is 0 Å². The monoisotopic (exact) mass is 266 g/mol. The van der Waals surface area contributed by atoms with Crippen LogP contribution in [0.4, 0.5) is 0 Å². The van der Waals surface area contributed by atoms with Gasteiger partial charge in [0.15, 0.2) is 0 Å². The van der Waals surface area contributed by atoms with E-state index in [1.807, 2.05) is 18.2 Å². The van der Waals surface area contributed by atoms with Crippen molar-refractivity contribution < 1.29 is 0 Å². The first kappa shape index (κ1) is 13.9. The molecule has 100 valence electrons. The molecule has 0 amide bonds. The van der Waals surface area contributed by atoms with Gasteiger partial charge in [-0.05, 0) is 37.6 Å². The Morgan fingerprint density at radius 2 is 2.00 bits per heavy atom. The van der Waals surface area contributed by atoms with E-state index in [0.29, 0.717) is 0 Å². The number of hydrogen-bond acceptors (Lipinski definition) is 2. The average Bonchev–Trinajstić information content (AvgIpc) is 2.28. The summed E-state index contributed by atoms with van der Waals surface area (Å²) in [5, 5.41) is 0.807. The standard InChI is InChI=1S/C15H23ClN2/c1-18(11-13-6-5-7-14(16)10-13)12-15(17)8-3-2-4-9-15/h5-7,10H,2-4,8-9,11-12,17H2,1H3. The largest absolute Gasteiger partial charge is 0.324 e. The fraction of sp³-hybridized carbons (Fsp3) is 0.600.